The number of hydrogen-bond acceptors (Lipinski definition) is 3. The van der Waals surface area contributed by atoms with E-state index < -0.39 is 6.10 Å². The van der Waals surface area contributed by atoms with Crippen molar-refractivity contribution in [3.05, 3.63) is 76.3 Å². The first-order chi connectivity index (χ1) is 14.5. The lowest BCUT2D eigenvalue weighted by Crippen LogP contribution is -2.19. The predicted molar refractivity (Wildman–Crippen MR) is 128 cm³/mol. The first kappa shape index (κ1) is 24.7. The van der Waals surface area contributed by atoms with Crippen molar-refractivity contribution >= 4 is 23.2 Å². The molecule has 0 aliphatic carbocycles. The molecule has 0 saturated heterocycles. The van der Waals surface area contributed by atoms with Gasteiger partial charge in [0.2, 0.25) is 0 Å². The van der Waals surface area contributed by atoms with Crippen molar-refractivity contribution in [2.24, 2.45) is 0 Å². The molecule has 1 unspecified atom stereocenters. The number of aliphatic hydroxyl groups excluding tert-OH is 1. The van der Waals surface area contributed by atoms with Gasteiger partial charge in [-0.15, -0.1) is 6.58 Å². The van der Waals surface area contributed by atoms with Crippen LogP contribution in [0.15, 0.2) is 55.1 Å². The molecule has 0 aliphatic rings. The van der Waals surface area contributed by atoms with Crippen LogP contribution in [0.1, 0.15) is 55.8 Å². The summed E-state index contributed by atoms with van der Waals surface area (Å²) in [6, 6.07) is 12.6. The molecular weight excluding hydrogens is 417 g/mol. The molecule has 0 saturated carbocycles. The molecule has 0 aromatic heterocycles. The van der Waals surface area contributed by atoms with Gasteiger partial charge < -0.3 is 14.7 Å². The van der Waals surface area contributed by atoms with E-state index in [1.807, 2.05) is 18.2 Å². The molecule has 1 atom stereocenters. The fraction of sp³-hybridized carbons (Fsp3) is 0.440. The molecule has 0 aliphatic heterocycles. The van der Waals surface area contributed by atoms with Gasteiger partial charge in [-0.1, -0.05) is 73.2 Å². The maximum Gasteiger partial charge on any atom is 0.120 e. The summed E-state index contributed by atoms with van der Waals surface area (Å²) in [6.45, 7) is 6.54. The van der Waals surface area contributed by atoms with Crippen LogP contribution in [0, 0.1) is 0 Å². The Morgan fingerprint density at radius 1 is 1.00 bits per heavy atom. The molecule has 5 heteroatoms. The van der Waals surface area contributed by atoms with Crippen LogP contribution in [-0.2, 0) is 0 Å². The highest BCUT2D eigenvalue weighted by Crippen LogP contribution is 2.31. The molecule has 2 aromatic carbocycles. The second-order valence-electron chi connectivity index (χ2n) is 7.66. The third kappa shape index (κ3) is 8.69. The Balaban J connectivity index is 1.65. The molecule has 2 rings (SSSR count). The van der Waals surface area contributed by atoms with Crippen molar-refractivity contribution in [3.63, 3.8) is 0 Å². The van der Waals surface area contributed by atoms with Crippen LogP contribution >= 0.6 is 23.2 Å². The molecule has 0 radical (unpaired) electrons. The fourth-order valence-corrected chi connectivity index (χ4v) is 3.74. The van der Waals surface area contributed by atoms with Crippen LogP contribution in [0.5, 0.6) is 5.75 Å². The molecule has 30 heavy (non-hydrogen) atoms. The molecule has 0 spiro atoms. The summed E-state index contributed by atoms with van der Waals surface area (Å²) in [5.41, 5.74) is 1.41. The minimum atomic E-state index is -0.791. The molecular formula is C25H33Cl2NO2. The van der Waals surface area contributed by atoms with E-state index in [1.54, 1.807) is 30.3 Å². The molecule has 1 N–H and O–H groups in total. The zero-order valence-corrected chi connectivity index (χ0v) is 19.3. The number of ether oxygens (including phenoxy) is 1. The summed E-state index contributed by atoms with van der Waals surface area (Å²) < 4.78 is 5.83. The third-order valence-electron chi connectivity index (χ3n) is 5.10. The number of nitrogens with zero attached hydrogens (tertiary/aromatic N) is 1. The van der Waals surface area contributed by atoms with Crippen molar-refractivity contribution in [1.29, 1.82) is 0 Å². The van der Waals surface area contributed by atoms with Gasteiger partial charge in [-0.05, 0) is 56.3 Å². The third-order valence-corrected chi connectivity index (χ3v) is 5.68. The van der Waals surface area contributed by atoms with Gasteiger partial charge in [-0.25, -0.2) is 0 Å². The summed E-state index contributed by atoms with van der Waals surface area (Å²) in [7, 11) is 2.14. The molecule has 0 fully saturated rings. The molecule has 2 aromatic rings. The van der Waals surface area contributed by atoms with E-state index in [9.17, 15) is 5.11 Å². The van der Waals surface area contributed by atoms with Crippen molar-refractivity contribution in [2.75, 3.05) is 26.7 Å². The maximum atomic E-state index is 10.6. The van der Waals surface area contributed by atoms with Gasteiger partial charge in [-0.3, -0.25) is 0 Å². The van der Waals surface area contributed by atoms with Gasteiger partial charge in [-0.2, -0.15) is 0 Å². The number of hydrogen-bond donors (Lipinski definition) is 1. The lowest BCUT2D eigenvalue weighted by atomic mass is 10.0. The highest BCUT2D eigenvalue weighted by atomic mass is 35.5. The number of unbranched alkanes of at least 4 members (excludes halogenated alkanes) is 5. The summed E-state index contributed by atoms with van der Waals surface area (Å²) in [5.74, 6) is 0.734. The van der Waals surface area contributed by atoms with Crippen molar-refractivity contribution in [3.8, 4) is 5.75 Å². The Morgan fingerprint density at radius 3 is 2.33 bits per heavy atom. The average molecular weight is 450 g/mol. The molecule has 0 heterocycles. The van der Waals surface area contributed by atoms with Gasteiger partial charge in [0.05, 0.1) is 11.6 Å². The minimum absolute atomic E-state index is 0.497. The van der Waals surface area contributed by atoms with Crippen LogP contribution in [0.25, 0.3) is 0 Å². The Labute approximate surface area is 191 Å². The SMILES string of the molecule is C=CCN(C)CCCCCCCCOc1ccc(C(O)c2ccc(Cl)cc2)c(Cl)c1. The van der Waals surface area contributed by atoms with E-state index in [2.05, 4.69) is 18.5 Å². The van der Waals surface area contributed by atoms with Crippen LogP contribution < -0.4 is 4.74 Å². The topological polar surface area (TPSA) is 32.7 Å². The first-order valence-corrected chi connectivity index (χ1v) is 11.4. The number of benzene rings is 2. The number of aliphatic hydroxyl groups is 1. The summed E-state index contributed by atoms with van der Waals surface area (Å²) in [4.78, 5) is 2.30. The van der Waals surface area contributed by atoms with Gasteiger partial charge in [0.1, 0.15) is 11.9 Å². The van der Waals surface area contributed by atoms with Crippen LogP contribution in [0.2, 0.25) is 10.0 Å². The van der Waals surface area contributed by atoms with Gasteiger partial charge in [0.15, 0.2) is 0 Å². The minimum Gasteiger partial charge on any atom is -0.494 e. The van der Waals surface area contributed by atoms with E-state index in [-0.39, 0.29) is 0 Å². The van der Waals surface area contributed by atoms with Crippen molar-refractivity contribution in [1.82, 2.24) is 4.90 Å². The fourth-order valence-electron chi connectivity index (χ4n) is 3.34. The first-order valence-electron chi connectivity index (χ1n) is 10.7. The van der Waals surface area contributed by atoms with E-state index in [0.29, 0.717) is 22.2 Å². The quantitative estimate of drug-likeness (QED) is 0.251. The van der Waals surface area contributed by atoms with Gasteiger partial charge >= 0.3 is 0 Å². The predicted octanol–water partition coefficient (Wildman–Crippen LogP) is 6.91. The molecule has 3 nitrogen and oxygen atoms in total. The monoisotopic (exact) mass is 449 g/mol. The summed E-state index contributed by atoms with van der Waals surface area (Å²) in [6.07, 6.45) is 8.38. The van der Waals surface area contributed by atoms with Crippen molar-refractivity contribution in [2.45, 2.75) is 44.6 Å². The van der Waals surface area contributed by atoms with Crippen LogP contribution in [-0.4, -0.2) is 36.8 Å². The zero-order chi connectivity index (χ0) is 21.8. The Hall–Kier alpha value is -1.52. The van der Waals surface area contributed by atoms with Gasteiger partial charge in [0.25, 0.3) is 0 Å². The highest BCUT2D eigenvalue weighted by molar-refractivity contribution is 6.31. The van der Waals surface area contributed by atoms with E-state index in [0.717, 1.165) is 30.8 Å². The zero-order valence-electron chi connectivity index (χ0n) is 17.8. The van der Waals surface area contributed by atoms with Crippen LogP contribution in [0.4, 0.5) is 0 Å². The standard InChI is InChI=1S/C25H33Cl2NO2/c1-3-16-28(2)17-8-6-4-5-7-9-18-30-22-14-15-23(24(27)19-22)25(29)20-10-12-21(26)13-11-20/h3,10-15,19,25,29H,1,4-9,16-18H2,2H3. The average Bonchev–Trinajstić information content (AvgIpc) is 2.73. The largest absolute Gasteiger partial charge is 0.494 e. The highest BCUT2D eigenvalue weighted by Gasteiger charge is 2.14. The summed E-state index contributed by atoms with van der Waals surface area (Å²) >= 11 is 12.3. The lowest BCUT2D eigenvalue weighted by molar-refractivity contribution is 0.220. The second-order valence-corrected chi connectivity index (χ2v) is 8.50. The smallest absolute Gasteiger partial charge is 0.120 e. The Bertz CT molecular complexity index is 764. The van der Waals surface area contributed by atoms with E-state index in [4.69, 9.17) is 27.9 Å². The van der Waals surface area contributed by atoms with E-state index in [1.165, 1.54) is 32.1 Å². The Kier molecular flexibility index (Phi) is 11.3. The molecule has 0 bridgehead atoms. The maximum absolute atomic E-state index is 10.6. The Morgan fingerprint density at radius 2 is 1.67 bits per heavy atom. The van der Waals surface area contributed by atoms with E-state index >= 15 is 0 Å². The van der Waals surface area contributed by atoms with Gasteiger partial charge in [0, 0.05) is 17.1 Å². The molecule has 0 amide bonds. The summed E-state index contributed by atoms with van der Waals surface area (Å²) in [5, 5.41) is 11.7. The normalized spacial score (nSPS) is 12.2. The second kappa shape index (κ2) is 13.7. The van der Waals surface area contributed by atoms with Crippen molar-refractivity contribution < 1.29 is 9.84 Å². The number of halogens is 2. The number of likely N-dealkylation sites (N-methyl/N-ethyl adjacent to an activating group) is 1. The lowest BCUT2D eigenvalue weighted by Gasteiger charge is -2.15. The number of rotatable bonds is 14. The van der Waals surface area contributed by atoms with Crippen LogP contribution in [0.3, 0.4) is 0 Å². The molecule has 164 valence electrons.